The van der Waals surface area contributed by atoms with Crippen molar-refractivity contribution in [2.24, 2.45) is 0 Å². The molecule has 0 saturated carbocycles. The number of aryl methyl sites for hydroxylation is 2. The van der Waals surface area contributed by atoms with Crippen LogP contribution in [0.5, 0.6) is 5.75 Å². The highest BCUT2D eigenvalue weighted by Gasteiger charge is 1.99. The number of ether oxygens (including phenoxy) is 1. The summed E-state index contributed by atoms with van der Waals surface area (Å²) < 4.78 is 7.44. The van der Waals surface area contributed by atoms with Gasteiger partial charge in [-0.25, -0.2) is 0 Å². The fraction of sp³-hybridized carbons (Fsp3) is 0.333. The molecular formula is C12H15N3O. The molecule has 0 atom stereocenters. The van der Waals surface area contributed by atoms with Gasteiger partial charge in [-0.1, -0.05) is 0 Å². The van der Waals surface area contributed by atoms with E-state index in [1.54, 1.807) is 6.20 Å². The van der Waals surface area contributed by atoms with Gasteiger partial charge in [0.1, 0.15) is 6.61 Å². The second-order valence-corrected chi connectivity index (χ2v) is 3.69. The molecule has 0 bridgehead atoms. The quantitative estimate of drug-likeness (QED) is 0.788. The van der Waals surface area contributed by atoms with Gasteiger partial charge in [-0.15, -0.1) is 0 Å². The lowest BCUT2D eigenvalue weighted by Crippen LogP contribution is -1.96. The Morgan fingerprint density at radius 2 is 2.19 bits per heavy atom. The number of nitrogens with zero attached hydrogens (tertiary/aromatic N) is 3. The molecule has 4 nitrogen and oxygen atoms in total. The second-order valence-electron chi connectivity index (χ2n) is 3.69. The summed E-state index contributed by atoms with van der Waals surface area (Å²) in [6.07, 6.45) is 7.27. The van der Waals surface area contributed by atoms with Crippen LogP contribution in [0.4, 0.5) is 0 Å². The molecule has 0 aliphatic carbocycles. The molecule has 0 amide bonds. The van der Waals surface area contributed by atoms with Crippen molar-refractivity contribution in [3.05, 3.63) is 42.0 Å². The number of aromatic nitrogens is 3. The first kappa shape index (κ1) is 10.7. The van der Waals surface area contributed by atoms with Crippen molar-refractivity contribution < 1.29 is 4.74 Å². The molecule has 0 fully saturated rings. The van der Waals surface area contributed by atoms with E-state index < -0.39 is 0 Å². The van der Waals surface area contributed by atoms with E-state index >= 15 is 0 Å². The van der Waals surface area contributed by atoms with Gasteiger partial charge >= 0.3 is 0 Å². The predicted octanol–water partition coefficient (Wildman–Crippen LogP) is 2.19. The van der Waals surface area contributed by atoms with Gasteiger partial charge in [0.25, 0.3) is 0 Å². The highest BCUT2D eigenvalue weighted by atomic mass is 16.5. The Balaban J connectivity index is 1.96. The molecule has 2 heterocycles. The van der Waals surface area contributed by atoms with Crippen molar-refractivity contribution >= 4 is 0 Å². The van der Waals surface area contributed by atoms with E-state index in [0.717, 1.165) is 23.4 Å². The zero-order chi connectivity index (χ0) is 11.4. The smallest absolute Gasteiger partial charge is 0.157 e. The summed E-state index contributed by atoms with van der Waals surface area (Å²) in [5.41, 5.74) is 2.22. The molecule has 2 aromatic heterocycles. The highest BCUT2D eigenvalue weighted by Crippen LogP contribution is 2.11. The lowest BCUT2D eigenvalue weighted by atomic mass is 10.2. The Hall–Kier alpha value is -1.84. The topological polar surface area (TPSA) is 39.9 Å². The van der Waals surface area contributed by atoms with E-state index in [1.807, 2.05) is 37.1 Å². The molecule has 0 aromatic carbocycles. The number of pyridine rings is 1. The average Bonchev–Trinajstić information content (AvgIpc) is 2.74. The van der Waals surface area contributed by atoms with Crippen molar-refractivity contribution in [3.63, 3.8) is 0 Å². The molecule has 0 spiro atoms. The van der Waals surface area contributed by atoms with Crippen LogP contribution in [0.3, 0.4) is 0 Å². The number of hydrogen-bond acceptors (Lipinski definition) is 3. The summed E-state index contributed by atoms with van der Waals surface area (Å²) in [6.45, 7) is 5.45. The third-order valence-corrected chi connectivity index (χ3v) is 2.27. The monoisotopic (exact) mass is 217 g/mol. The first-order valence-corrected chi connectivity index (χ1v) is 5.33. The standard InChI is InChI=1S/C12H15N3O/c1-3-15-8-12(7-14-15)16-9-11-4-10(2)5-13-6-11/h4-8H,3,9H2,1-2H3. The number of rotatable bonds is 4. The van der Waals surface area contributed by atoms with Gasteiger partial charge < -0.3 is 4.74 Å². The predicted molar refractivity (Wildman–Crippen MR) is 61.2 cm³/mol. The Bertz CT molecular complexity index is 465. The van der Waals surface area contributed by atoms with Crippen LogP contribution in [0.25, 0.3) is 0 Å². The molecule has 0 radical (unpaired) electrons. The minimum Gasteiger partial charge on any atom is -0.486 e. The molecule has 0 saturated heterocycles. The largest absolute Gasteiger partial charge is 0.486 e. The normalized spacial score (nSPS) is 10.4. The van der Waals surface area contributed by atoms with Gasteiger partial charge in [0, 0.05) is 24.5 Å². The number of hydrogen-bond donors (Lipinski definition) is 0. The average molecular weight is 217 g/mol. The molecule has 0 aliphatic heterocycles. The summed E-state index contributed by atoms with van der Waals surface area (Å²) in [6, 6.07) is 2.07. The molecule has 4 heteroatoms. The lowest BCUT2D eigenvalue weighted by Gasteiger charge is -2.03. The van der Waals surface area contributed by atoms with Crippen LogP contribution in [0, 0.1) is 6.92 Å². The maximum absolute atomic E-state index is 5.61. The van der Waals surface area contributed by atoms with E-state index in [4.69, 9.17) is 4.74 Å². The van der Waals surface area contributed by atoms with Crippen molar-refractivity contribution in [2.45, 2.75) is 27.0 Å². The van der Waals surface area contributed by atoms with Gasteiger partial charge in [-0.2, -0.15) is 5.10 Å². The molecule has 0 N–H and O–H groups in total. The van der Waals surface area contributed by atoms with E-state index in [1.165, 1.54) is 0 Å². The van der Waals surface area contributed by atoms with E-state index in [-0.39, 0.29) is 0 Å². The van der Waals surface area contributed by atoms with Gasteiger partial charge in [0.2, 0.25) is 0 Å². The van der Waals surface area contributed by atoms with Crippen LogP contribution in [-0.4, -0.2) is 14.8 Å². The molecule has 2 aromatic rings. The lowest BCUT2D eigenvalue weighted by molar-refractivity contribution is 0.305. The van der Waals surface area contributed by atoms with Crippen molar-refractivity contribution in [1.82, 2.24) is 14.8 Å². The fourth-order valence-corrected chi connectivity index (χ4v) is 1.46. The Morgan fingerprint density at radius 3 is 2.88 bits per heavy atom. The molecule has 16 heavy (non-hydrogen) atoms. The van der Waals surface area contributed by atoms with Crippen molar-refractivity contribution in [1.29, 1.82) is 0 Å². The second kappa shape index (κ2) is 4.79. The van der Waals surface area contributed by atoms with E-state index in [2.05, 4.69) is 16.1 Å². The zero-order valence-corrected chi connectivity index (χ0v) is 9.55. The minimum absolute atomic E-state index is 0.532. The summed E-state index contributed by atoms with van der Waals surface area (Å²) in [4.78, 5) is 4.12. The molecular weight excluding hydrogens is 202 g/mol. The first-order valence-electron chi connectivity index (χ1n) is 5.33. The minimum atomic E-state index is 0.532. The third-order valence-electron chi connectivity index (χ3n) is 2.27. The van der Waals surface area contributed by atoms with E-state index in [9.17, 15) is 0 Å². The Morgan fingerprint density at radius 1 is 1.31 bits per heavy atom. The zero-order valence-electron chi connectivity index (χ0n) is 9.55. The van der Waals surface area contributed by atoms with Crippen molar-refractivity contribution in [2.75, 3.05) is 0 Å². The van der Waals surface area contributed by atoms with Gasteiger partial charge in [-0.3, -0.25) is 9.67 Å². The van der Waals surface area contributed by atoms with Crippen LogP contribution in [0.15, 0.2) is 30.9 Å². The molecule has 0 unspecified atom stereocenters. The summed E-state index contributed by atoms with van der Waals surface area (Å²) >= 11 is 0. The van der Waals surface area contributed by atoms with Crippen LogP contribution in [0.1, 0.15) is 18.1 Å². The first-order chi connectivity index (χ1) is 7.78. The Kier molecular flexibility index (Phi) is 3.19. The summed E-state index contributed by atoms with van der Waals surface area (Å²) in [5, 5.41) is 4.14. The molecule has 0 aliphatic rings. The van der Waals surface area contributed by atoms with Crippen molar-refractivity contribution in [3.8, 4) is 5.75 Å². The van der Waals surface area contributed by atoms with Crippen LogP contribution < -0.4 is 4.74 Å². The SMILES string of the molecule is CCn1cc(OCc2cncc(C)c2)cn1. The van der Waals surface area contributed by atoms with Crippen LogP contribution in [-0.2, 0) is 13.2 Å². The molecule has 84 valence electrons. The van der Waals surface area contributed by atoms with Gasteiger partial charge in [0.15, 0.2) is 5.75 Å². The van der Waals surface area contributed by atoms with Crippen LogP contribution in [0.2, 0.25) is 0 Å². The summed E-state index contributed by atoms with van der Waals surface area (Å²) in [5.74, 6) is 0.795. The fourth-order valence-electron chi connectivity index (χ4n) is 1.46. The Labute approximate surface area is 94.9 Å². The van der Waals surface area contributed by atoms with Gasteiger partial charge in [-0.05, 0) is 25.5 Å². The third kappa shape index (κ3) is 2.59. The maximum Gasteiger partial charge on any atom is 0.157 e. The van der Waals surface area contributed by atoms with E-state index in [0.29, 0.717) is 6.61 Å². The molecule has 2 rings (SSSR count). The van der Waals surface area contributed by atoms with Gasteiger partial charge in [0.05, 0.1) is 12.4 Å². The maximum atomic E-state index is 5.61. The summed E-state index contributed by atoms with van der Waals surface area (Å²) in [7, 11) is 0. The highest BCUT2D eigenvalue weighted by molar-refractivity contribution is 5.18. The van der Waals surface area contributed by atoms with Crippen LogP contribution >= 0.6 is 0 Å².